The van der Waals surface area contributed by atoms with E-state index in [9.17, 15) is 0 Å². The van der Waals surface area contributed by atoms with Crippen molar-refractivity contribution in [3.63, 3.8) is 0 Å². The predicted octanol–water partition coefficient (Wildman–Crippen LogP) is 9.96. The van der Waals surface area contributed by atoms with Crippen molar-refractivity contribution in [2.75, 3.05) is 0 Å². The molecule has 0 aliphatic heterocycles. The van der Waals surface area contributed by atoms with Gasteiger partial charge in [-0.25, -0.2) is 0 Å². The molecule has 0 heterocycles. The average Bonchev–Trinajstić information content (AvgIpc) is 3.04. The van der Waals surface area contributed by atoms with Crippen LogP contribution in [0.5, 0.6) is 0 Å². The van der Waals surface area contributed by atoms with E-state index in [0.29, 0.717) is 0 Å². The highest BCUT2D eigenvalue weighted by Crippen LogP contribution is 2.49. The van der Waals surface area contributed by atoms with Gasteiger partial charge >= 0.3 is 0 Å². The summed E-state index contributed by atoms with van der Waals surface area (Å²) >= 11 is 1.72. The van der Waals surface area contributed by atoms with Crippen molar-refractivity contribution in [1.29, 1.82) is 0 Å². The van der Waals surface area contributed by atoms with Crippen LogP contribution in [0.2, 0.25) is 0 Å². The van der Waals surface area contributed by atoms with Gasteiger partial charge in [0.05, 0.1) is 0 Å². The van der Waals surface area contributed by atoms with Crippen LogP contribution in [0.1, 0.15) is 56.9 Å². The Hall–Kier alpha value is -3.03. The second-order valence-electron chi connectivity index (χ2n) is 9.65. The molecule has 0 radical (unpaired) electrons. The molecule has 4 rings (SSSR count). The van der Waals surface area contributed by atoms with E-state index < -0.39 is 0 Å². The molecule has 3 aromatic carbocycles. The third kappa shape index (κ3) is 4.63. The Bertz CT molecular complexity index is 1330. The van der Waals surface area contributed by atoms with Crippen molar-refractivity contribution in [2.45, 2.75) is 46.5 Å². The molecule has 0 amide bonds. The van der Waals surface area contributed by atoms with Gasteiger partial charge in [-0.05, 0) is 105 Å². The summed E-state index contributed by atoms with van der Waals surface area (Å²) in [6.07, 6.45) is 7.29. The minimum atomic E-state index is -0.00238. The van der Waals surface area contributed by atoms with E-state index in [1.807, 2.05) is 13.0 Å². The molecule has 0 saturated carbocycles. The summed E-state index contributed by atoms with van der Waals surface area (Å²) in [7, 11) is 0. The van der Waals surface area contributed by atoms with E-state index >= 15 is 0 Å². The molecule has 1 heteroatoms. The lowest BCUT2D eigenvalue weighted by molar-refractivity contribution is 0.660. The van der Waals surface area contributed by atoms with Crippen molar-refractivity contribution >= 4 is 17.3 Å². The summed E-state index contributed by atoms with van der Waals surface area (Å²) in [6.45, 7) is 19.0. The summed E-state index contributed by atoms with van der Waals surface area (Å²) < 4.78 is 0. The van der Waals surface area contributed by atoms with Crippen molar-refractivity contribution in [3.05, 3.63) is 124 Å². The second-order valence-corrected chi connectivity index (χ2v) is 11.2. The Balaban J connectivity index is 1.82. The molecule has 0 aromatic heterocycles. The molecule has 1 aliphatic carbocycles. The minimum absolute atomic E-state index is 0.00238. The van der Waals surface area contributed by atoms with E-state index in [2.05, 4.69) is 114 Å². The summed E-state index contributed by atoms with van der Waals surface area (Å²) in [5.41, 5.74) is 11.8. The fraction of sp³-hybridized carbons (Fsp3) is 0.212. The van der Waals surface area contributed by atoms with E-state index in [0.717, 1.165) is 11.3 Å². The van der Waals surface area contributed by atoms with Gasteiger partial charge in [0, 0.05) is 5.41 Å². The summed E-state index contributed by atoms with van der Waals surface area (Å²) in [5, 5.41) is 0. The lowest BCUT2D eigenvalue weighted by Crippen LogP contribution is -2.14. The van der Waals surface area contributed by atoms with E-state index in [4.69, 9.17) is 0 Å². The maximum atomic E-state index is 4.04. The first-order valence-electron chi connectivity index (χ1n) is 11.9. The number of hydrogen-bond acceptors (Lipinski definition) is 1. The Labute approximate surface area is 209 Å². The fourth-order valence-electron chi connectivity index (χ4n) is 5.05. The summed E-state index contributed by atoms with van der Waals surface area (Å²) in [4.78, 5) is 2.35. The molecule has 0 N–H and O–H groups in total. The van der Waals surface area contributed by atoms with Gasteiger partial charge in [0.2, 0.25) is 0 Å². The number of thioether (sulfide) groups is 1. The summed E-state index contributed by atoms with van der Waals surface area (Å²) in [6, 6.07) is 22.7. The maximum Gasteiger partial charge on any atom is 0.0159 e. The van der Waals surface area contributed by atoms with Crippen LogP contribution in [0.15, 0.2) is 102 Å². The van der Waals surface area contributed by atoms with Crippen LogP contribution in [-0.4, -0.2) is 0 Å². The predicted molar refractivity (Wildman–Crippen MR) is 153 cm³/mol. The molecule has 0 spiro atoms. The van der Waals surface area contributed by atoms with Gasteiger partial charge in [0.15, 0.2) is 0 Å². The zero-order valence-electron chi connectivity index (χ0n) is 21.0. The normalized spacial score (nSPS) is 14.5. The molecule has 0 nitrogen and oxygen atoms in total. The molecular formula is C33H34S. The molecule has 34 heavy (non-hydrogen) atoms. The molecule has 172 valence electrons. The van der Waals surface area contributed by atoms with E-state index in [-0.39, 0.29) is 5.41 Å². The largest absolute Gasteiger partial charge is 0.103 e. The van der Waals surface area contributed by atoms with Gasteiger partial charge in [-0.1, -0.05) is 81.1 Å². The minimum Gasteiger partial charge on any atom is -0.103 e. The number of hydrogen-bond donors (Lipinski definition) is 0. The molecular weight excluding hydrogens is 428 g/mol. The first-order valence-corrected chi connectivity index (χ1v) is 12.7. The first kappa shape index (κ1) is 24.1. The number of rotatable bonds is 7. The Morgan fingerprint density at radius 1 is 0.912 bits per heavy atom. The van der Waals surface area contributed by atoms with Crippen LogP contribution in [0.4, 0.5) is 0 Å². The van der Waals surface area contributed by atoms with Crippen molar-refractivity contribution in [2.24, 2.45) is 0 Å². The van der Waals surface area contributed by atoms with Crippen LogP contribution in [-0.2, 0) is 11.8 Å². The molecule has 3 aromatic rings. The maximum absolute atomic E-state index is 4.04. The van der Waals surface area contributed by atoms with Crippen molar-refractivity contribution < 1.29 is 0 Å². The van der Waals surface area contributed by atoms with Crippen LogP contribution in [0.3, 0.4) is 0 Å². The first-order chi connectivity index (χ1) is 16.2. The lowest BCUT2D eigenvalue weighted by Gasteiger charge is -2.22. The van der Waals surface area contributed by atoms with Gasteiger partial charge in [0.25, 0.3) is 0 Å². The van der Waals surface area contributed by atoms with Crippen LogP contribution in [0.25, 0.3) is 27.8 Å². The SMILES string of the molecule is C=CCc1cc(C(/C=C(\C)SC(=C)C)=C/C)cc(-c2ccc3c(c2)C(C)(C)c2ccccc2-3)c1. The fourth-order valence-corrected chi connectivity index (χ4v) is 5.79. The number of fused-ring (bicyclic) bond motifs is 3. The third-order valence-electron chi connectivity index (χ3n) is 6.63. The summed E-state index contributed by atoms with van der Waals surface area (Å²) in [5.74, 6) is 0. The highest BCUT2D eigenvalue weighted by molar-refractivity contribution is 8.06. The van der Waals surface area contributed by atoms with Crippen molar-refractivity contribution in [3.8, 4) is 22.3 Å². The van der Waals surface area contributed by atoms with Crippen molar-refractivity contribution in [1.82, 2.24) is 0 Å². The average molecular weight is 463 g/mol. The van der Waals surface area contributed by atoms with Crippen LogP contribution in [0, 0.1) is 0 Å². The van der Waals surface area contributed by atoms with E-state index in [1.165, 1.54) is 55.0 Å². The topological polar surface area (TPSA) is 0 Å². The van der Waals surface area contributed by atoms with E-state index in [1.54, 1.807) is 11.8 Å². The third-order valence-corrected chi connectivity index (χ3v) is 7.42. The molecule has 1 aliphatic rings. The number of allylic oxidation sites excluding steroid dienone is 6. The second kappa shape index (κ2) is 9.68. The van der Waals surface area contributed by atoms with Gasteiger partial charge in [-0.2, -0.15) is 0 Å². The van der Waals surface area contributed by atoms with Gasteiger partial charge in [0.1, 0.15) is 0 Å². The molecule has 0 bridgehead atoms. The molecule has 0 saturated heterocycles. The van der Waals surface area contributed by atoms with Gasteiger partial charge in [-0.3, -0.25) is 0 Å². The quantitative estimate of drug-likeness (QED) is 0.249. The zero-order valence-corrected chi connectivity index (χ0v) is 21.9. The monoisotopic (exact) mass is 462 g/mol. The smallest absolute Gasteiger partial charge is 0.0159 e. The molecule has 0 fully saturated rings. The lowest BCUT2D eigenvalue weighted by atomic mass is 9.81. The van der Waals surface area contributed by atoms with Crippen LogP contribution >= 0.6 is 11.8 Å². The van der Waals surface area contributed by atoms with Crippen LogP contribution < -0.4 is 0 Å². The molecule has 0 atom stereocenters. The van der Waals surface area contributed by atoms with Gasteiger partial charge in [-0.15, -0.1) is 18.3 Å². The molecule has 0 unspecified atom stereocenters. The number of benzene rings is 3. The Morgan fingerprint density at radius 2 is 1.65 bits per heavy atom. The standard InChI is InChI=1S/C33H34S/c1-8-12-24-18-27(25(9-2)17-23(5)34-22(3)4)20-28(19-24)26-15-16-30-29-13-10-11-14-31(29)33(6,7)32(30)21-26/h8-11,13-21H,1,3,12H2,2,4-7H3/b23-17+,25-9+. The Morgan fingerprint density at radius 3 is 2.35 bits per heavy atom. The highest BCUT2D eigenvalue weighted by Gasteiger charge is 2.35. The van der Waals surface area contributed by atoms with Gasteiger partial charge < -0.3 is 0 Å². The Kier molecular flexibility index (Phi) is 6.86. The highest BCUT2D eigenvalue weighted by atomic mass is 32.2. The zero-order chi connectivity index (χ0) is 24.5.